The first kappa shape index (κ1) is 14.1. The number of halogens is 1. The third-order valence-electron chi connectivity index (χ3n) is 4.97. The lowest BCUT2D eigenvalue weighted by Crippen LogP contribution is -2.44. The Balaban J connectivity index is 0.00000120. The first-order valence-corrected chi connectivity index (χ1v) is 7.20. The van der Waals surface area contributed by atoms with Gasteiger partial charge in [0.15, 0.2) is 0 Å². The number of fused-ring (bicyclic) bond motifs is 1. The van der Waals surface area contributed by atoms with Gasteiger partial charge in [-0.25, -0.2) is 0 Å². The Bertz CT molecular complexity index is 303. The van der Waals surface area contributed by atoms with E-state index >= 15 is 0 Å². The van der Waals surface area contributed by atoms with E-state index in [1.807, 2.05) is 0 Å². The average molecular weight is 273 g/mol. The van der Waals surface area contributed by atoms with Crippen molar-refractivity contribution in [3.05, 3.63) is 0 Å². The Morgan fingerprint density at radius 2 is 2.06 bits per heavy atom. The average Bonchev–Trinajstić information content (AvgIpc) is 2.92. The molecule has 0 radical (unpaired) electrons. The summed E-state index contributed by atoms with van der Waals surface area (Å²) in [7, 11) is 0. The molecule has 0 spiro atoms. The lowest BCUT2D eigenvalue weighted by molar-refractivity contribution is -0.123. The van der Waals surface area contributed by atoms with Gasteiger partial charge in [0.25, 0.3) is 0 Å². The number of nitrogens with one attached hydrogen (secondary N) is 2. The molecule has 0 aromatic carbocycles. The summed E-state index contributed by atoms with van der Waals surface area (Å²) in [5, 5.41) is 6.67. The van der Waals surface area contributed by atoms with E-state index in [1.54, 1.807) is 0 Å². The van der Waals surface area contributed by atoms with Crippen LogP contribution in [0.2, 0.25) is 0 Å². The van der Waals surface area contributed by atoms with Crippen molar-refractivity contribution in [3.8, 4) is 0 Å². The molecule has 0 aromatic rings. The zero-order chi connectivity index (χ0) is 11.9. The second-order valence-corrected chi connectivity index (χ2v) is 6.63. The lowest BCUT2D eigenvalue weighted by Gasteiger charge is -2.24. The topological polar surface area (TPSA) is 41.1 Å². The third-order valence-corrected chi connectivity index (χ3v) is 4.97. The van der Waals surface area contributed by atoms with Crippen LogP contribution >= 0.6 is 12.4 Å². The highest BCUT2D eigenvalue weighted by Crippen LogP contribution is 2.44. The van der Waals surface area contributed by atoms with Crippen molar-refractivity contribution in [3.63, 3.8) is 0 Å². The molecular weight excluding hydrogens is 248 g/mol. The van der Waals surface area contributed by atoms with Crippen molar-refractivity contribution in [1.29, 1.82) is 0 Å². The van der Waals surface area contributed by atoms with Crippen molar-refractivity contribution in [1.82, 2.24) is 10.6 Å². The molecule has 0 bridgehead atoms. The Kier molecular flexibility index (Phi) is 4.22. The van der Waals surface area contributed by atoms with Gasteiger partial charge in [0.05, 0.1) is 6.04 Å². The molecule has 3 atom stereocenters. The Hall–Kier alpha value is -0.280. The maximum atomic E-state index is 12.1. The van der Waals surface area contributed by atoms with E-state index in [-0.39, 0.29) is 24.4 Å². The highest BCUT2D eigenvalue weighted by atomic mass is 35.5. The van der Waals surface area contributed by atoms with Crippen molar-refractivity contribution in [2.75, 3.05) is 6.54 Å². The fourth-order valence-corrected chi connectivity index (χ4v) is 3.33. The molecule has 3 fully saturated rings. The summed E-state index contributed by atoms with van der Waals surface area (Å²) in [6.07, 6.45) is 8.89. The van der Waals surface area contributed by atoms with E-state index in [2.05, 4.69) is 17.6 Å². The molecule has 18 heavy (non-hydrogen) atoms. The molecule has 3 rings (SSSR count). The number of amides is 1. The first-order valence-electron chi connectivity index (χ1n) is 7.20. The number of hydrogen-bond donors (Lipinski definition) is 2. The summed E-state index contributed by atoms with van der Waals surface area (Å²) >= 11 is 0. The number of hydrogen-bond acceptors (Lipinski definition) is 2. The van der Waals surface area contributed by atoms with Crippen LogP contribution < -0.4 is 10.6 Å². The van der Waals surface area contributed by atoms with Crippen LogP contribution in [0.5, 0.6) is 0 Å². The second kappa shape index (κ2) is 5.38. The zero-order valence-electron chi connectivity index (χ0n) is 11.2. The van der Waals surface area contributed by atoms with Crippen molar-refractivity contribution in [2.24, 2.45) is 11.3 Å². The van der Waals surface area contributed by atoms with E-state index in [4.69, 9.17) is 0 Å². The predicted molar refractivity (Wildman–Crippen MR) is 74.9 cm³/mol. The molecule has 3 nitrogen and oxygen atoms in total. The fraction of sp³-hybridized carbons (Fsp3) is 0.929. The van der Waals surface area contributed by atoms with Gasteiger partial charge in [-0.3, -0.25) is 4.79 Å². The Morgan fingerprint density at radius 3 is 2.72 bits per heavy atom. The fourth-order valence-electron chi connectivity index (χ4n) is 3.33. The van der Waals surface area contributed by atoms with Gasteiger partial charge in [0.1, 0.15) is 0 Å². The van der Waals surface area contributed by atoms with Gasteiger partial charge in [-0.15, -0.1) is 12.4 Å². The van der Waals surface area contributed by atoms with E-state index in [1.165, 1.54) is 38.5 Å². The van der Waals surface area contributed by atoms with Crippen molar-refractivity contribution >= 4 is 18.3 Å². The summed E-state index contributed by atoms with van der Waals surface area (Å²) < 4.78 is 0. The smallest absolute Gasteiger partial charge is 0.237 e. The van der Waals surface area contributed by atoms with E-state index in [9.17, 15) is 4.79 Å². The molecule has 4 heteroatoms. The summed E-state index contributed by atoms with van der Waals surface area (Å²) in [5.74, 6) is 1.00. The lowest BCUT2D eigenvalue weighted by atomic mass is 9.85. The van der Waals surface area contributed by atoms with E-state index < -0.39 is 0 Å². The Labute approximate surface area is 116 Å². The van der Waals surface area contributed by atoms with Gasteiger partial charge >= 0.3 is 0 Å². The number of carbonyl (C=O) groups is 1. The predicted octanol–water partition coefficient (Wildman–Crippen LogP) is 2.25. The zero-order valence-corrected chi connectivity index (χ0v) is 12.0. The largest absolute Gasteiger partial charge is 0.354 e. The Morgan fingerprint density at radius 1 is 1.33 bits per heavy atom. The molecule has 2 saturated carbocycles. The summed E-state index contributed by atoms with van der Waals surface area (Å²) in [6.45, 7) is 3.13. The highest BCUT2D eigenvalue weighted by Gasteiger charge is 2.40. The van der Waals surface area contributed by atoms with Crippen molar-refractivity contribution < 1.29 is 4.79 Å². The van der Waals surface area contributed by atoms with Gasteiger partial charge in [-0.1, -0.05) is 19.8 Å². The minimum absolute atomic E-state index is 0. The minimum atomic E-state index is 0. The second-order valence-electron chi connectivity index (χ2n) is 6.63. The number of rotatable bonds is 3. The van der Waals surface area contributed by atoms with Gasteiger partial charge < -0.3 is 10.6 Å². The van der Waals surface area contributed by atoms with Gasteiger partial charge in [0.2, 0.25) is 5.91 Å². The molecule has 3 unspecified atom stereocenters. The monoisotopic (exact) mass is 272 g/mol. The van der Waals surface area contributed by atoms with Crippen LogP contribution in [0.25, 0.3) is 0 Å². The van der Waals surface area contributed by atoms with Crippen LogP contribution in [0.15, 0.2) is 0 Å². The van der Waals surface area contributed by atoms with Gasteiger partial charge in [0, 0.05) is 12.6 Å². The van der Waals surface area contributed by atoms with Crippen LogP contribution in [0, 0.1) is 11.3 Å². The minimum Gasteiger partial charge on any atom is -0.354 e. The number of carbonyl (C=O) groups excluding carboxylic acids is 1. The molecule has 1 amide bonds. The van der Waals surface area contributed by atoms with Crippen LogP contribution in [0.4, 0.5) is 0 Å². The highest BCUT2D eigenvalue weighted by molar-refractivity contribution is 5.85. The summed E-state index contributed by atoms with van der Waals surface area (Å²) in [6, 6.07) is 0.710. The maximum absolute atomic E-state index is 12.1. The first-order chi connectivity index (χ1) is 8.16. The summed E-state index contributed by atoms with van der Waals surface area (Å²) in [4.78, 5) is 12.1. The molecule has 2 N–H and O–H groups in total. The molecule has 1 aliphatic heterocycles. The molecule has 2 aliphatic carbocycles. The molecule has 1 saturated heterocycles. The molecular formula is C14H25ClN2O. The molecule has 3 aliphatic rings. The molecule has 1 heterocycles. The van der Waals surface area contributed by atoms with E-state index in [0.717, 1.165) is 18.9 Å². The quantitative estimate of drug-likeness (QED) is 0.827. The van der Waals surface area contributed by atoms with Crippen LogP contribution in [-0.4, -0.2) is 24.5 Å². The van der Waals surface area contributed by atoms with Crippen LogP contribution in [0.1, 0.15) is 51.9 Å². The SMILES string of the molecule is CC1(CNC(=O)C2CC3CCCCC3N2)CC1.Cl. The molecule has 0 aromatic heterocycles. The van der Waals surface area contributed by atoms with E-state index in [0.29, 0.717) is 11.5 Å². The van der Waals surface area contributed by atoms with Crippen LogP contribution in [-0.2, 0) is 4.79 Å². The third kappa shape index (κ3) is 3.00. The van der Waals surface area contributed by atoms with Gasteiger partial charge in [-0.2, -0.15) is 0 Å². The normalized spacial score (nSPS) is 36.4. The standard InChI is InChI=1S/C14H24N2O.ClH/c1-14(6-7-14)9-15-13(17)12-8-10-4-2-3-5-11(10)16-12;/h10-12,16H,2-9H2,1H3,(H,15,17);1H. The van der Waals surface area contributed by atoms with Crippen molar-refractivity contribution in [2.45, 2.75) is 64.0 Å². The van der Waals surface area contributed by atoms with Crippen LogP contribution in [0.3, 0.4) is 0 Å². The maximum Gasteiger partial charge on any atom is 0.237 e. The molecule has 104 valence electrons. The van der Waals surface area contributed by atoms with Gasteiger partial charge in [-0.05, 0) is 43.4 Å². The summed E-state index contributed by atoms with van der Waals surface area (Å²) in [5.41, 5.74) is 0.418.